The minimum absolute atomic E-state index is 0.201. The van der Waals surface area contributed by atoms with Crippen LogP contribution in [0.5, 0.6) is 0 Å². The molecule has 3 aromatic carbocycles. The Balaban J connectivity index is 1.58. The van der Waals surface area contributed by atoms with Gasteiger partial charge in [0.1, 0.15) is 4.93 Å². The van der Waals surface area contributed by atoms with E-state index in [1.807, 2.05) is 0 Å². The van der Waals surface area contributed by atoms with Crippen molar-refractivity contribution in [2.24, 2.45) is 0 Å². The molecule has 0 aromatic heterocycles. The molecule has 174 valence electrons. The molecule has 5 rings (SSSR count). The number of rotatable bonds is 5. The molecule has 4 atom stereocenters. The van der Waals surface area contributed by atoms with E-state index in [9.17, 15) is 15.3 Å². The van der Waals surface area contributed by atoms with Crippen molar-refractivity contribution in [1.29, 1.82) is 0 Å². The maximum Gasteiger partial charge on any atom is 0.140 e. The molecule has 3 N–H and O–H groups in total. The van der Waals surface area contributed by atoms with E-state index in [2.05, 4.69) is 61.5 Å². The Morgan fingerprint density at radius 1 is 1.03 bits per heavy atom. The van der Waals surface area contributed by atoms with Gasteiger partial charge in [-0.1, -0.05) is 67.9 Å². The standard InChI is InChI=1S/C28H32O4S/c1-2-5-18-8-10-19(11-9-18)14-20-15-24-23(22-7-4-3-6-21(20)22)17-32-28(24)13-12-25(30)27(31)26(16-29)33-28/h3-4,6-11,15,25-27,29-31H,2,5,12-14,16-17H2,1H3/t25?,26?,27-,28+/m0/s1. The summed E-state index contributed by atoms with van der Waals surface area (Å²) in [6, 6.07) is 19.7. The van der Waals surface area contributed by atoms with E-state index < -0.39 is 22.4 Å². The Bertz CT molecular complexity index is 1130. The zero-order valence-electron chi connectivity index (χ0n) is 19.0. The van der Waals surface area contributed by atoms with Crippen LogP contribution < -0.4 is 0 Å². The number of aryl methyl sites for hydroxylation is 1. The van der Waals surface area contributed by atoms with Crippen LogP contribution in [-0.4, -0.2) is 39.4 Å². The van der Waals surface area contributed by atoms with Crippen molar-refractivity contribution in [3.8, 4) is 0 Å². The summed E-state index contributed by atoms with van der Waals surface area (Å²) in [5.41, 5.74) is 6.21. The molecule has 1 fully saturated rings. The Hall–Kier alpha value is -1.89. The monoisotopic (exact) mass is 464 g/mol. The highest BCUT2D eigenvalue weighted by atomic mass is 32.2. The lowest BCUT2D eigenvalue weighted by Gasteiger charge is -2.31. The van der Waals surface area contributed by atoms with Crippen LogP contribution in [-0.2, 0) is 29.1 Å². The van der Waals surface area contributed by atoms with Crippen LogP contribution in [0.25, 0.3) is 10.8 Å². The Kier molecular flexibility index (Phi) is 6.51. The Morgan fingerprint density at radius 2 is 1.76 bits per heavy atom. The second-order valence-corrected chi connectivity index (χ2v) is 10.8. The number of ether oxygens (including phenoxy) is 1. The van der Waals surface area contributed by atoms with Crippen LogP contribution in [0.1, 0.15) is 54.0 Å². The normalized spacial score (nSPS) is 27.1. The smallest absolute Gasteiger partial charge is 0.140 e. The lowest BCUT2D eigenvalue weighted by Crippen LogP contribution is -2.36. The lowest BCUT2D eigenvalue weighted by atomic mass is 9.89. The van der Waals surface area contributed by atoms with Gasteiger partial charge in [-0.05, 0) is 58.7 Å². The predicted octanol–water partition coefficient (Wildman–Crippen LogP) is 4.68. The molecule has 0 amide bonds. The highest BCUT2D eigenvalue weighted by Gasteiger charge is 2.48. The fraction of sp³-hybridized carbons (Fsp3) is 0.429. The third-order valence-corrected chi connectivity index (χ3v) is 8.78. The number of fused-ring (bicyclic) bond motifs is 4. The molecular weight excluding hydrogens is 432 g/mol. The van der Waals surface area contributed by atoms with Gasteiger partial charge in [-0.2, -0.15) is 0 Å². The summed E-state index contributed by atoms with van der Waals surface area (Å²) >= 11 is 1.47. The van der Waals surface area contributed by atoms with E-state index in [0.717, 1.165) is 24.8 Å². The average Bonchev–Trinajstić information content (AvgIpc) is 3.14. The van der Waals surface area contributed by atoms with Crippen LogP contribution in [0, 0.1) is 0 Å². The molecule has 0 radical (unpaired) electrons. The third kappa shape index (κ3) is 4.22. The van der Waals surface area contributed by atoms with Gasteiger partial charge in [-0.15, -0.1) is 11.8 Å². The van der Waals surface area contributed by atoms with E-state index in [1.54, 1.807) is 0 Å². The predicted molar refractivity (Wildman–Crippen MR) is 133 cm³/mol. The maximum atomic E-state index is 10.5. The topological polar surface area (TPSA) is 69.9 Å². The number of benzene rings is 3. The van der Waals surface area contributed by atoms with E-state index in [-0.39, 0.29) is 6.61 Å². The number of aliphatic hydroxyl groups is 3. The molecule has 33 heavy (non-hydrogen) atoms. The van der Waals surface area contributed by atoms with Gasteiger partial charge in [0, 0.05) is 5.56 Å². The maximum absolute atomic E-state index is 10.5. The summed E-state index contributed by atoms with van der Waals surface area (Å²) < 4.78 is 6.45. The zero-order valence-corrected chi connectivity index (χ0v) is 19.9. The van der Waals surface area contributed by atoms with E-state index in [4.69, 9.17) is 4.74 Å². The Morgan fingerprint density at radius 3 is 2.48 bits per heavy atom. The lowest BCUT2D eigenvalue weighted by molar-refractivity contribution is -0.00669. The fourth-order valence-electron chi connectivity index (χ4n) is 5.33. The molecule has 3 aromatic rings. The first kappa shape index (κ1) is 22.9. The van der Waals surface area contributed by atoms with Gasteiger partial charge in [-0.25, -0.2) is 0 Å². The van der Waals surface area contributed by atoms with Gasteiger partial charge in [-0.3, -0.25) is 0 Å². The van der Waals surface area contributed by atoms with Gasteiger partial charge in [0.05, 0.1) is 30.7 Å². The molecular formula is C28H32O4S. The molecule has 2 aliphatic heterocycles. The van der Waals surface area contributed by atoms with Gasteiger partial charge >= 0.3 is 0 Å². The largest absolute Gasteiger partial charge is 0.395 e. The SMILES string of the molecule is CCCc1ccc(Cc2cc3c(c4ccccc24)CO[C@@]32CCC(O)[C@H](O)C(CO)S2)cc1. The average molecular weight is 465 g/mol. The summed E-state index contributed by atoms with van der Waals surface area (Å²) in [7, 11) is 0. The summed E-state index contributed by atoms with van der Waals surface area (Å²) in [6.07, 6.45) is 2.29. The van der Waals surface area contributed by atoms with E-state index >= 15 is 0 Å². The molecule has 0 aliphatic carbocycles. The molecule has 2 unspecified atom stereocenters. The van der Waals surface area contributed by atoms with Crippen molar-refractivity contribution in [1.82, 2.24) is 0 Å². The molecule has 0 saturated carbocycles. The summed E-state index contributed by atoms with van der Waals surface area (Å²) in [5.74, 6) is 0. The number of aliphatic hydroxyl groups excluding tert-OH is 3. The number of hydrogen-bond donors (Lipinski definition) is 3. The van der Waals surface area contributed by atoms with Gasteiger partial charge in [0.15, 0.2) is 0 Å². The second kappa shape index (κ2) is 9.40. The van der Waals surface area contributed by atoms with Gasteiger partial charge < -0.3 is 20.1 Å². The second-order valence-electron chi connectivity index (χ2n) is 9.33. The molecule has 0 bridgehead atoms. The number of hydrogen-bond acceptors (Lipinski definition) is 5. The van der Waals surface area contributed by atoms with Crippen molar-refractivity contribution in [3.05, 3.63) is 82.4 Å². The number of thioether (sulfide) groups is 1. The van der Waals surface area contributed by atoms with Crippen molar-refractivity contribution in [2.75, 3.05) is 6.61 Å². The highest BCUT2D eigenvalue weighted by Crippen LogP contribution is 2.54. The van der Waals surface area contributed by atoms with Gasteiger partial charge in [0.25, 0.3) is 0 Å². The van der Waals surface area contributed by atoms with Crippen molar-refractivity contribution in [3.63, 3.8) is 0 Å². The fourth-order valence-corrected chi connectivity index (χ4v) is 6.89. The summed E-state index contributed by atoms with van der Waals surface area (Å²) in [6.45, 7) is 2.50. The first-order chi connectivity index (χ1) is 16.0. The highest BCUT2D eigenvalue weighted by molar-refractivity contribution is 8.00. The third-order valence-electron chi connectivity index (χ3n) is 7.12. The Labute approximate surface area is 199 Å². The van der Waals surface area contributed by atoms with Crippen LogP contribution in [0.3, 0.4) is 0 Å². The minimum Gasteiger partial charge on any atom is -0.395 e. The summed E-state index contributed by atoms with van der Waals surface area (Å²) in [4.78, 5) is -0.662. The minimum atomic E-state index is -0.964. The molecule has 4 nitrogen and oxygen atoms in total. The molecule has 5 heteroatoms. The first-order valence-electron chi connectivity index (χ1n) is 11.9. The van der Waals surface area contributed by atoms with Crippen LogP contribution in [0.15, 0.2) is 54.6 Å². The van der Waals surface area contributed by atoms with Crippen molar-refractivity contribution in [2.45, 2.75) is 68.0 Å². The zero-order chi connectivity index (χ0) is 23.0. The first-order valence-corrected chi connectivity index (χ1v) is 12.8. The molecule has 2 heterocycles. The van der Waals surface area contributed by atoms with Crippen LogP contribution in [0.4, 0.5) is 0 Å². The van der Waals surface area contributed by atoms with Gasteiger partial charge in [0.2, 0.25) is 0 Å². The van der Waals surface area contributed by atoms with Crippen molar-refractivity contribution < 1.29 is 20.1 Å². The van der Waals surface area contributed by atoms with Crippen LogP contribution >= 0.6 is 11.8 Å². The molecule has 1 spiro atoms. The molecule has 2 aliphatic rings. The molecule has 1 saturated heterocycles. The van der Waals surface area contributed by atoms with Crippen LogP contribution in [0.2, 0.25) is 0 Å². The van der Waals surface area contributed by atoms with E-state index in [1.165, 1.54) is 44.8 Å². The summed E-state index contributed by atoms with van der Waals surface area (Å²) in [5, 5.41) is 32.8. The quantitative estimate of drug-likeness (QED) is 0.512. The van der Waals surface area contributed by atoms with E-state index in [0.29, 0.717) is 19.4 Å². The van der Waals surface area contributed by atoms with Crippen molar-refractivity contribution >= 4 is 22.5 Å².